The molecule has 0 bridgehead atoms. The molecule has 1 aromatic rings. The summed E-state index contributed by atoms with van der Waals surface area (Å²) in [5, 5.41) is 7.83. The number of hydrogen-bond acceptors (Lipinski definition) is 3. The Morgan fingerprint density at radius 3 is 2.26 bits per heavy atom. The third kappa shape index (κ3) is 9.35. The lowest BCUT2D eigenvalue weighted by molar-refractivity contribution is -0.140. The molecule has 0 amide bonds. The largest absolute Gasteiger partial charge is 0.478 e. The predicted octanol–water partition coefficient (Wildman–Crippen LogP) is 2.95. The Balaban J connectivity index is 0.000000459. The minimum absolute atomic E-state index is 0.312. The molecule has 1 rings (SSSR count). The van der Waals surface area contributed by atoms with Gasteiger partial charge in [0, 0.05) is 11.6 Å². The molecule has 0 aliphatic heterocycles. The van der Waals surface area contributed by atoms with Crippen LogP contribution in [0.1, 0.15) is 19.4 Å². The van der Waals surface area contributed by atoms with E-state index in [-0.39, 0.29) is 5.97 Å². The van der Waals surface area contributed by atoms with E-state index in [1.165, 1.54) is 6.08 Å². The molecule has 1 N–H and O–H groups in total. The highest BCUT2D eigenvalue weighted by molar-refractivity contribution is 5.86. The first-order chi connectivity index (χ1) is 8.97. The average Bonchev–Trinajstić information content (AvgIpc) is 2.37. The van der Waals surface area contributed by atoms with Crippen LogP contribution in [-0.2, 0) is 20.9 Å². The molecular weight excluding hydrogens is 244 g/mol. The number of carbonyl (C=O) groups excluding carboxylic acids is 1. The summed E-state index contributed by atoms with van der Waals surface area (Å²) in [6.07, 6.45) is 2.56. The first-order valence-electron chi connectivity index (χ1n) is 5.69. The molecular formula is C15H18O4. The van der Waals surface area contributed by atoms with Crippen LogP contribution in [0.15, 0.2) is 54.6 Å². The maximum absolute atomic E-state index is 11.0. The average molecular weight is 262 g/mol. The molecule has 0 aliphatic rings. The van der Waals surface area contributed by atoms with E-state index in [4.69, 9.17) is 9.84 Å². The zero-order valence-corrected chi connectivity index (χ0v) is 11.1. The van der Waals surface area contributed by atoms with E-state index < -0.39 is 5.97 Å². The lowest BCUT2D eigenvalue weighted by Gasteiger charge is -2.03. The normalized spacial score (nSPS) is 9.37. The first kappa shape index (κ1) is 16.6. The van der Waals surface area contributed by atoms with Gasteiger partial charge < -0.3 is 9.84 Å². The van der Waals surface area contributed by atoms with Gasteiger partial charge in [0.25, 0.3) is 0 Å². The standard InChI is InChI=1S/C11H12O2.C4H6O2/c1-9(2)11(12)13-8-10-6-4-3-5-7-10;1-2-3-4(5)6/h3-7H,1,8H2,2H3;2-3H,1H3,(H,5,6)/b;3-2+. The lowest BCUT2D eigenvalue weighted by atomic mass is 10.2. The number of allylic oxidation sites excluding steroid dienone is 1. The van der Waals surface area contributed by atoms with Crippen LogP contribution in [0.2, 0.25) is 0 Å². The van der Waals surface area contributed by atoms with Crippen LogP contribution in [0.5, 0.6) is 0 Å². The fourth-order valence-electron chi connectivity index (χ4n) is 0.989. The molecule has 102 valence electrons. The molecule has 4 heteroatoms. The zero-order valence-electron chi connectivity index (χ0n) is 11.1. The van der Waals surface area contributed by atoms with E-state index in [1.54, 1.807) is 13.8 Å². The number of hydrogen-bond donors (Lipinski definition) is 1. The SMILES string of the molecule is C/C=C/C(=O)O.C=C(C)C(=O)OCc1ccccc1. The number of esters is 1. The molecule has 4 nitrogen and oxygen atoms in total. The van der Waals surface area contributed by atoms with Crippen LogP contribution >= 0.6 is 0 Å². The van der Waals surface area contributed by atoms with Gasteiger partial charge in [-0.05, 0) is 19.4 Å². The first-order valence-corrected chi connectivity index (χ1v) is 5.69. The van der Waals surface area contributed by atoms with Gasteiger partial charge in [-0.2, -0.15) is 0 Å². The molecule has 0 spiro atoms. The van der Waals surface area contributed by atoms with Gasteiger partial charge in [-0.3, -0.25) is 0 Å². The summed E-state index contributed by atoms with van der Waals surface area (Å²) < 4.78 is 4.95. The Labute approximate surface area is 113 Å². The quantitative estimate of drug-likeness (QED) is 0.669. The number of rotatable bonds is 4. The number of aliphatic carboxylic acids is 1. The maximum Gasteiger partial charge on any atom is 0.333 e. The number of carboxylic acid groups (broad SMARTS) is 1. The van der Waals surface area contributed by atoms with E-state index in [0.717, 1.165) is 11.6 Å². The molecule has 0 saturated heterocycles. The van der Waals surface area contributed by atoms with Gasteiger partial charge in [-0.25, -0.2) is 9.59 Å². The van der Waals surface area contributed by atoms with Crippen LogP contribution in [0.25, 0.3) is 0 Å². The minimum atomic E-state index is -0.891. The number of benzene rings is 1. The Hall–Kier alpha value is -2.36. The summed E-state index contributed by atoms with van der Waals surface area (Å²) in [6, 6.07) is 9.55. The molecule has 0 heterocycles. The van der Waals surface area contributed by atoms with Crippen molar-refractivity contribution in [2.45, 2.75) is 20.5 Å². The van der Waals surface area contributed by atoms with Crippen LogP contribution in [0, 0.1) is 0 Å². The Bertz CT molecular complexity index is 446. The van der Waals surface area contributed by atoms with E-state index in [9.17, 15) is 9.59 Å². The topological polar surface area (TPSA) is 63.6 Å². The van der Waals surface area contributed by atoms with Gasteiger partial charge in [0.05, 0.1) is 0 Å². The van der Waals surface area contributed by atoms with Crippen LogP contribution in [0.3, 0.4) is 0 Å². The lowest BCUT2D eigenvalue weighted by Crippen LogP contribution is -2.04. The van der Waals surface area contributed by atoms with Crippen LogP contribution < -0.4 is 0 Å². The molecule has 0 aromatic heterocycles. The highest BCUT2D eigenvalue weighted by atomic mass is 16.5. The second-order valence-electron chi connectivity index (χ2n) is 3.68. The van der Waals surface area contributed by atoms with Crippen molar-refractivity contribution in [3.05, 3.63) is 60.2 Å². The maximum atomic E-state index is 11.0. The number of carboxylic acids is 1. The summed E-state index contributed by atoms with van der Waals surface area (Å²) in [6.45, 7) is 7.10. The zero-order chi connectivity index (χ0) is 14.7. The summed E-state index contributed by atoms with van der Waals surface area (Å²) >= 11 is 0. The van der Waals surface area contributed by atoms with Crippen molar-refractivity contribution >= 4 is 11.9 Å². The van der Waals surface area contributed by atoms with Crippen molar-refractivity contribution in [2.24, 2.45) is 0 Å². The molecule has 0 aliphatic carbocycles. The fourth-order valence-corrected chi connectivity index (χ4v) is 0.989. The van der Waals surface area contributed by atoms with Crippen LogP contribution in [0.4, 0.5) is 0 Å². The summed E-state index contributed by atoms with van der Waals surface area (Å²) in [7, 11) is 0. The predicted molar refractivity (Wildman–Crippen MR) is 73.5 cm³/mol. The summed E-state index contributed by atoms with van der Waals surface area (Å²) in [4.78, 5) is 20.5. The van der Waals surface area contributed by atoms with Gasteiger partial charge >= 0.3 is 11.9 Å². The Kier molecular flexibility index (Phi) is 8.45. The van der Waals surface area contributed by atoms with E-state index in [1.807, 2.05) is 30.3 Å². The minimum Gasteiger partial charge on any atom is -0.478 e. The number of carbonyl (C=O) groups is 2. The summed E-state index contributed by atoms with van der Waals surface area (Å²) in [5.74, 6) is -1.23. The second kappa shape index (κ2) is 9.65. The van der Waals surface area contributed by atoms with Crippen molar-refractivity contribution < 1.29 is 19.4 Å². The molecule has 0 saturated carbocycles. The molecule has 19 heavy (non-hydrogen) atoms. The Morgan fingerprint density at radius 1 is 1.32 bits per heavy atom. The molecule has 1 aromatic carbocycles. The van der Waals surface area contributed by atoms with E-state index >= 15 is 0 Å². The molecule has 0 unspecified atom stereocenters. The van der Waals surface area contributed by atoms with Crippen molar-refractivity contribution in [1.82, 2.24) is 0 Å². The Morgan fingerprint density at radius 2 is 1.89 bits per heavy atom. The second-order valence-corrected chi connectivity index (χ2v) is 3.68. The summed E-state index contributed by atoms with van der Waals surface area (Å²) in [5.41, 5.74) is 1.41. The molecule has 0 radical (unpaired) electrons. The number of ether oxygens (including phenoxy) is 1. The smallest absolute Gasteiger partial charge is 0.333 e. The van der Waals surface area contributed by atoms with Gasteiger partial charge in [0.2, 0.25) is 0 Å². The van der Waals surface area contributed by atoms with Crippen molar-refractivity contribution in [3.8, 4) is 0 Å². The third-order valence-corrected chi connectivity index (χ3v) is 1.87. The van der Waals surface area contributed by atoms with Gasteiger partial charge in [0.15, 0.2) is 0 Å². The van der Waals surface area contributed by atoms with Crippen molar-refractivity contribution in [1.29, 1.82) is 0 Å². The highest BCUT2D eigenvalue weighted by Crippen LogP contribution is 2.02. The van der Waals surface area contributed by atoms with E-state index in [0.29, 0.717) is 12.2 Å². The van der Waals surface area contributed by atoms with Gasteiger partial charge in [0.1, 0.15) is 6.61 Å². The monoisotopic (exact) mass is 262 g/mol. The van der Waals surface area contributed by atoms with Crippen molar-refractivity contribution in [3.63, 3.8) is 0 Å². The highest BCUT2D eigenvalue weighted by Gasteiger charge is 2.02. The van der Waals surface area contributed by atoms with Gasteiger partial charge in [-0.1, -0.05) is 43.0 Å². The van der Waals surface area contributed by atoms with Crippen molar-refractivity contribution in [2.75, 3.05) is 0 Å². The molecule has 0 fully saturated rings. The van der Waals surface area contributed by atoms with E-state index in [2.05, 4.69) is 6.58 Å². The third-order valence-electron chi connectivity index (χ3n) is 1.87. The van der Waals surface area contributed by atoms with Gasteiger partial charge in [-0.15, -0.1) is 0 Å². The fraction of sp³-hybridized carbons (Fsp3) is 0.200. The molecule has 0 atom stereocenters. The van der Waals surface area contributed by atoms with Crippen LogP contribution in [-0.4, -0.2) is 17.0 Å².